The number of amides is 2. The van der Waals surface area contributed by atoms with Crippen LogP contribution in [0.25, 0.3) is 0 Å². The number of fused-ring (bicyclic) bond motifs is 5. The molecular weight excluding hydrogens is 506 g/mol. The van der Waals surface area contributed by atoms with Crippen molar-refractivity contribution in [1.82, 2.24) is 19.4 Å². The van der Waals surface area contributed by atoms with Gasteiger partial charge in [0, 0.05) is 19.0 Å². The second-order valence-electron chi connectivity index (χ2n) is 11.1. The number of unbranched alkanes of at least 4 members (excludes halogenated alkanes) is 2. The van der Waals surface area contributed by atoms with Crippen LogP contribution in [0.4, 0.5) is 0 Å². The Morgan fingerprint density at radius 2 is 1.59 bits per heavy atom. The molecule has 2 aromatic heterocycles. The number of aliphatic carboxylic acids is 2. The SMILES string of the molecule is CC1CCCN1C(=O)CNC(=O)CCCCC[N+]12Cc3n(cc[n+]3CC(=O)O)C1n1cc[n+](CC(=O)O)c1C2. The molecule has 13 nitrogen and oxygen atoms in total. The molecule has 2 aromatic rings. The molecule has 0 bridgehead atoms. The molecule has 0 saturated carbocycles. The summed E-state index contributed by atoms with van der Waals surface area (Å²) in [5, 5.41) is 21.5. The molecule has 0 radical (unpaired) electrons. The molecule has 1 atom stereocenters. The molecular formula is C26H38N7O6+3. The molecule has 2 amide bonds. The third-order valence-electron chi connectivity index (χ3n) is 8.40. The van der Waals surface area contributed by atoms with Crippen LogP contribution in [0.15, 0.2) is 24.8 Å². The van der Waals surface area contributed by atoms with Gasteiger partial charge in [0.2, 0.25) is 11.8 Å². The number of quaternary nitrogens is 1. The van der Waals surface area contributed by atoms with Crippen molar-refractivity contribution >= 4 is 23.8 Å². The van der Waals surface area contributed by atoms with Crippen molar-refractivity contribution in [3.05, 3.63) is 36.4 Å². The monoisotopic (exact) mass is 544 g/mol. The Balaban J connectivity index is 1.18. The fraction of sp³-hybridized carbons (Fsp3) is 0.615. The summed E-state index contributed by atoms with van der Waals surface area (Å²) in [6, 6.07) is 0.239. The Morgan fingerprint density at radius 1 is 0.974 bits per heavy atom. The van der Waals surface area contributed by atoms with Crippen molar-refractivity contribution in [2.75, 3.05) is 19.6 Å². The molecule has 1 fully saturated rings. The standard InChI is InChI=1S/C26H35N7O6/c1-19-6-5-8-30(19)23(35)14-27-20(34)7-3-2-4-13-33-17-21-28(15-24(36)37)9-11-31(21)26(33)32-12-10-29(16-25(38)39)22(32)18-33/h9-12,19,26H,2-8,13-18H2,1H3/p+3. The maximum Gasteiger partial charge on any atom is 0.380 e. The van der Waals surface area contributed by atoms with E-state index in [1.54, 1.807) is 21.5 Å². The Morgan fingerprint density at radius 3 is 2.13 bits per heavy atom. The van der Waals surface area contributed by atoms with Crippen LogP contribution in [-0.2, 0) is 45.4 Å². The molecule has 13 heteroatoms. The predicted octanol–water partition coefficient (Wildman–Crippen LogP) is -0.430. The van der Waals surface area contributed by atoms with Crippen molar-refractivity contribution in [2.45, 2.75) is 84.0 Å². The number of hydrogen-bond donors (Lipinski definition) is 3. The maximum absolute atomic E-state index is 12.3. The second kappa shape index (κ2) is 10.8. The Bertz CT molecular complexity index is 1220. The lowest BCUT2D eigenvalue weighted by molar-refractivity contribution is -0.982. The van der Waals surface area contributed by atoms with Crippen LogP contribution in [0, 0.1) is 0 Å². The van der Waals surface area contributed by atoms with Crippen molar-refractivity contribution in [3.8, 4) is 0 Å². The Labute approximate surface area is 226 Å². The van der Waals surface area contributed by atoms with Crippen molar-refractivity contribution in [3.63, 3.8) is 0 Å². The number of rotatable bonds is 12. The predicted molar refractivity (Wildman–Crippen MR) is 133 cm³/mol. The molecule has 39 heavy (non-hydrogen) atoms. The second-order valence-corrected chi connectivity index (χ2v) is 11.1. The molecule has 3 aliphatic rings. The molecule has 1 unspecified atom stereocenters. The smallest absolute Gasteiger partial charge is 0.380 e. The van der Waals surface area contributed by atoms with E-state index in [4.69, 9.17) is 0 Å². The Hall–Kier alpha value is -3.74. The third kappa shape index (κ3) is 5.27. The first-order valence-electron chi connectivity index (χ1n) is 13.7. The van der Waals surface area contributed by atoms with E-state index < -0.39 is 11.9 Å². The minimum atomic E-state index is -0.900. The van der Waals surface area contributed by atoms with E-state index in [-0.39, 0.29) is 43.8 Å². The number of carboxylic acid groups (broad SMARTS) is 2. The molecule has 5 heterocycles. The fourth-order valence-corrected chi connectivity index (χ4v) is 6.57. The minimum absolute atomic E-state index is 0.0219. The highest BCUT2D eigenvalue weighted by Gasteiger charge is 2.62. The van der Waals surface area contributed by atoms with Gasteiger partial charge in [-0.3, -0.25) is 9.59 Å². The zero-order chi connectivity index (χ0) is 27.7. The Kier molecular flexibility index (Phi) is 7.43. The van der Waals surface area contributed by atoms with Crippen molar-refractivity contribution in [2.24, 2.45) is 0 Å². The van der Waals surface area contributed by atoms with Gasteiger partial charge in [-0.15, -0.1) is 9.13 Å². The number of nitrogens with zero attached hydrogens (tertiary/aromatic N) is 6. The van der Waals surface area contributed by atoms with Crippen LogP contribution >= 0.6 is 0 Å². The normalized spacial score (nSPS) is 22.9. The van der Waals surface area contributed by atoms with Gasteiger partial charge in [0.05, 0.1) is 13.1 Å². The van der Waals surface area contributed by atoms with Gasteiger partial charge in [-0.25, -0.2) is 23.2 Å². The highest BCUT2D eigenvalue weighted by atomic mass is 16.4. The first-order chi connectivity index (χ1) is 18.7. The summed E-state index contributed by atoms with van der Waals surface area (Å²) in [6.07, 6.45) is 12.1. The van der Waals surface area contributed by atoms with Gasteiger partial charge in [0.15, 0.2) is 26.2 Å². The summed E-state index contributed by atoms with van der Waals surface area (Å²) in [5.41, 5.74) is 0. The summed E-state index contributed by atoms with van der Waals surface area (Å²) in [5.74, 6) is -0.0668. The summed E-state index contributed by atoms with van der Waals surface area (Å²) in [6.45, 7) is 4.71. The zero-order valence-corrected chi connectivity index (χ0v) is 22.4. The van der Waals surface area contributed by atoms with Gasteiger partial charge >= 0.3 is 29.9 Å². The number of likely N-dealkylation sites (tertiary alicyclic amines) is 1. The van der Waals surface area contributed by atoms with Crippen LogP contribution in [0.3, 0.4) is 0 Å². The molecule has 0 aliphatic carbocycles. The van der Waals surface area contributed by atoms with Gasteiger partial charge < -0.3 is 20.4 Å². The van der Waals surface area contributed by atoms with Gasteiger partial charge in [-0.2, -0.15) is 0 Å². The average Bonchev–Trinajstić information content (AvgIpc) is 3.66. The summed E-state index contributed by atoms with van der Waals surface area (Å²) < 4.78 is 8.40. The van der Waals surface area contributed by atoms with Gasteiger partial charge in [-0.05, 0) is 39.0 Å². The quantitative estimate of drug-likeness (QED) is 0.188. The van der Waals surface area contributed by atoms with Crippen LogP contribution in [0.5, 0.6) is 0 Å². The van der Waals surface area contributed by atoms with E-state index in [0.29, 0.717) is 30.4 Å². The molecule has 3 aliphatic heterocycles. The number of carbonyl (C=O) groups excluding carboxylic acids is 2. The fourth-order valence-electron chi connectivity index (χ4n) is 6.57. The third-order valence-corrected chi connectivity index (χ3v) is 8.40. The highest BCUT2D eigenvalue weighted by molar-refractivity contribution is 5.85. The number of nitrogens with one attached hydrogen (secondary N) is 1. The molecule has 0 spiro atoms. The summed E-state index contributed by atoms with van der Waals surface area (Å²) >= 11 is 0. The average molecular weight is 545 g/mol. The summed E-state index contributed by atoms with van der Waals surface area (Å²) in [4.78, 5) is 49.3. The van der Waals surface area contributed by atoms with Gasteiger partial charge in [0.25, 0.3) is 0 Å². The molecule has 1 saturated heterocycles. The zero-order valence-electron chi connectivity index (χ0n) is 22.4. The van der Waals surface area contributed by atoms with Crippen molar-refractivity contribution in [1.29, 1.82) is 0 Å². The summed E-state index contributed by atoms with van der Waals surface area (Å²) in [7, 11) is 0. The topological polar surface area (TPSA) is 142 Å². The van der Waals surface area contributed by atoms with E-state index in [0.717, 1.165) is 50.4 Å². The number of carboxylic acids is 2. The van der Waals surface area contributed by atoms with E-state index >= 15 is 0 Å². The molecule has 0 aromatic carbocycles. The largest absolute Gasteiger partial charge is 0.478 e. The lowest BCUT2D eigenvalue weighted by Crippen LogP contribution is -2.48. The van der Waals surface area contributed by atoms with Crippen LogP contribution in [-0.4, -0.2) is 78.2 Å². The maximum atomic E-state index is 12.3. The van der Waals surface area contributed by atoms with E-state index in [1.807, 2.05) is 24.2 Å². The molecule has 210 valence electrons. The number of hydrogen-bond acceptors (Lipinski definition) is 4. The van der Waals surface area contributed by atoms with Crippen molar-refractivity contribution < 1.29 is 43.0 Å². The first-order valence-corrected chi connectivity index (χ1v) is 13.7. The molecule has 3 N–H and O–H groups in total. The first kappa shape index (κ1) is 26.9. The van der Waals surface area contributed by atoms with Crippen LogP contribution < -0.4 is 14.5 Å². The van der Waals surface area contributed by atoms with Gasteiger partial charge in [-0.1, -0.05) is 0 Å². The minimum Gasteiger partial charge on any atom is -0.478 e. The number of imidazole rings is 2. The number of carbonyl (C=O) groups is 4. The van der Waals surface area contributed by atoms with Gasteiger partial charge in [0.1, 0.15) is 24.8 Å². The number of aromatic nitrogens is 4. The van der Waals surface area contributed by atoms with Crippen LogP contribution in [0.2, 0.25) is 0 Å². The lowest BCUT2D eigenvalue weighted by Gasteiger charge is -2.28. The van der Waals surface area contributed by atoms with Crippen LogP contribution in [0.1, 0.15) is 63.4 Å². The molecule has 5 rings (SSSR count). The highest BCUT2D eigenvalue weighted by Crippen LogP contribution is 2.42. The van der Waals surface area contributed by atoms with E-state index in [9.17, 15) is 29.4 Å². The lowest BCUT2D eigenvalue weighted by atomic mass is 10.1. The van der Waals surface area contributed by atoms with E-state index in [2.05, 4.69) is 14.5 Å². The van der Waals surface area contributed by atoms with E-state index in [1.165, 1.54) is 0 Å².